The van der Waals surface area contributed by atoms with Crippen molar-refractivity contribution >= 4 is 5.91 Å². The van der Waals surface area contributed by atoms with Gasteiger partial charge in [-0.05, 0) is 29.5 Å². The van der Waals surface area contributed by atoms with Crippen LogP contribution in [-0.2, 0) is 9.53 Å². The topological polar surface area (TPSA) is 80.7 Å². The number of nitrogens with zero attached hydrogens (tertiary/aromatic N) is 1. The number of aromatic nitrogens is 1. The van der Waals surface area contributed by atoms with E-state index in [9.17, 15) is 9.90 Å². The van der Waals surface area contributed by atoms with Crippen LogP contribution in [0.15, 0.2) is 48.7 Å². The number of carbonyl (C=O) groups is 1. The first kappa shape index (κ1) is 17.9. The van der Waals surface area contributed by atoms with E-state index in [0.717, 1.165) is 18.4 Å². The van der Waals surface area contributed by atoms with Crippen molar-refractivity contribution in [1.82, 2.24) is 10.3 Å². The van der Waals surface area contributed by atoms with Gasteiger partial charge in [-0.3, -0.25) is 4.79 Å². The summed E-state index contributed by atoms with van der Waals surface area (Å²) in [6, 6.07) is 13.2. The van der Waals surface area contributed by atoms with Gasteiger partial charge in [0.15, 0.2) is 0 Å². The smallest absolute Gasteiger partial charge is 0.224 e. The normalized spacial score (nSPS) is 25.0. The lowest BCUT2D eigenvalue weighted by atomic mass is 10.1. The molecule has 2 N–H and O–H groups in total. The van der Waals surface area contributed by atoms with Crippen LogP contribution in [0.25, 0.3) is 0 Å². The van der Waals surface area contributed by atoms with E-state index in [0.29, 0.717) is 19.1 Å². The lowest BCUT2D eigenvalue weighted by Crippen LogP contribution is -2.32. The molecule has 1 saturated carbocycles. The molecule has 0 radical (unpaired) electrons. The number of ether oxygens (including phenoxy) is 2. The fraction of sp³-hybridized carbons (Fsp3) is 0.429. The Bertz CT molecular complexity index is 760. The van der Waals surface area contributed by atoms with Gasteiger partial charge in [-0.1, -0.05) is 30.3 Å². The third-order valence-corrected chi connectivity index (χ3v) is 5.19. The van der Waals surface area contributed by atoms with E-state index < -0.39 is 6.04 Å². The molecule has 6 nitrogen and oxygen atoms in total. The first-order chi connectivity index (χ1) is 13.2. The molecule has 0 spiro atoms. The van der Waals surface area contributed by atoms with Crippen molar-refractivity contribution in [3.05, 3.63) is 59.8 Å². The Balaban J connectivity index is 1.34. The Kier molecular flexibility index (Phi) is 5.36. The maximum Gasteiger partial charge on any atom is 0.224 e. The molecule has 0 bridgehead atoms. The molecule has 142 valence electrons. The summed E-state index contributed by atoms with van der Waals surface area (Å²) < 4.78 is 11.0. The van der Waals surface area contributed by atoms with E-state index in [1.54, 1.807) is 12.3 Å². The number of nitrogens with one attached hydrogen (secondary N) is 1. The average Bonchev–Trinajstić information content (AvgIpc) is 3.36. The highest BCUT2D eigenvalue weighted by Gasteiger charge is 2.44. The fourth-order valence-corrected chi connectivity index (χ4v) is 3.51. The molecule has 4 atom stereocenters. The average molecular weight is 368 g/mol. The van der Waals surface area contributed by atoms with Gasteiger partial charge in [-0.2, -0.15) is 0 Å². The van der Waals surface area contributed by atoms with Crippen LogP contribution in [0.5, 0.6) is 5.88 Å². The predicted octanol–water partition coefficient (Wildman–Crippen LogP) is 2.20. The van der Waals surface area contributed by atoms with E-state index in [4.69, 9.17) is 9.47 Å². The van der Waals surface area contributed by atoms with Crippen molar-refractivity contribution in [2.45, 2.75) is 30.9 Å². The summed E-state index contributed by atoms with van der Waals surface area (Å²) in [4.78, 5) is 16.8. The first-order valence-corrected chi connectivity index (χ1v) is 9.41. The molecule has 1 saturated heterocycles. The number of hydrogen-bond acceptors (Lipinski definition) is 5. The third-order valence-electron chi connectivity index (χ3n) is 5.19. The number of aliphatic hydroxyl groups is 1. The SMILES string of the molecule is O=C(NC(CO)c1ccc(OC2CCOC2)nc1)C1CC1c1ccccc1. The molecule has 4 rings (SSSR count). The molecule has 2 aliphatic rings. The van der Waals surface area contributed by atoms with E-state index in [1.807, 2.05) is 24.3 Å². The van der Waals surface area contributed by atoms with Crippen LogP contribution in [0.3, 0.4) is 0 Å². The Morgan fingerprint density at radius 2 is 2.15 bits per heavy atom. The van der Waals surface area contributed by atoms with Crippen LogP contribution in [0, 0.1) is 5.92 Å². The Labute approximate surface area is 158 Å². The minimum atomic E-state index is -0.467. The zero-order valence-electron chi connectivity index (χ0n) is 15.1. The molecule has 27 heavy (non-hydrogen) atoms. The van der Waals surface area contributed by atoms with Crippen LogP contribution in [0.1, 0.15) is 35.9 Å². The van der Waals surface area contributed by atoms with Gasteiger partial charge in [-0.15, -0.1) is 0 Å². The molecule has 1 aliphatic heterocycles. The molecular weight excluding hydrogens is 344 g/mol. The molecular formula is C21H24N2O4. The summed E-state index contributed by atoms with van der Waals surface area (Å²) in [5, 5.41) is 12.7. The maximum absolute atomic E-state index is 12.5. The van der Waals surface area contributed by atoms with Gasteiger partial charge >= 0.3 is 0 Å². The highest BCUT2D eigenvalue weighted by Crippen LogP contribution is 2.47. The molecule has 1 aromatic heterocycles. The number of pyridine rings is 1. The van der Waals surface area contributed by atoms with Gasteiger partial charge in [0, 0.05) is 24.6 Å². The fourth-order valence-electron chi connectivity index (χ4n) is 3.51. The number of carbonyl (C=O) groups excluding carboxylic acids is 1. The second kappa shape index (κ2) is 8.06. The van der Waals surface area contributed by atoms with Crippen molar-refractivity contribution < 1.29 is 19.4 Å². The van der Waals surface area contributed by atoms with E-state index in [1.165, 1.54) is 5.56 Å². The van der Waals surface area contributed by atoms with E-state index in [-0.39, 0.29) is 30.5 Å². The van der Waals surface area contributed by atoms with Crippen LogP contribution >= 0.6 is 0 Å². The number of aliphatic hydroxyl groups excluding tert-OH is 1. The molecule has 1 aromatic carbocycles. The standard InChI is InChI=1S/C21H24N2O4/c24-12-19(15-6-7-20(22-11-15)27-16-8-9-26-13-16)23-21(25)18-10-17(18)14-4-2-1-3-5-14/h1-7,11,16-19,24H,8-10,12-13H2,(H,23,25). The van der Waals surface area contributed by atoms with Gasteiger partial charge in [0.05, 0.1) is 25.9 Å². The summed E-state index contributed by atoms with van der Waals surface area (Å²) in [6.07, 6.45) is 3.40. The van der Waals surface area contributed by atoms with E-state index in [2.05, 4.69) is 22.4 Å². The number of benzene rings is 1. The van der Waals surface area contributed by atoms with Crippen LogP contribution in [0.2, 0.25) is 0 Å². The molecule has 4 unspecified atom stereocenters. The summed E-state index contributed by atoms with van der Waals surface area (Å²) in [5.41, 5.74) is 1.95. The molecule has 6 heteroatoms. The van der Waals surface area contributed by atoms with Crippen molar-refractivity contribution in [2.24, 2.45) is 5.92 Å². The Morgan fingerprint density at radius 1 is 1.30 bits per heavy atom. The zero-order valence-corrected chi connectivity index (χ0v) is 15.1. The first-order valence-electron chi connectivity index (χ1n) is 9.41. The quantitative estimate of drug-likeness (QED) is 0.783. The largest absolute Gasteiger partial charge is 0.472 e. The minimum absolute atomic E-state index is 0.0219. The minimum Gasteiger partial charge on any atom is -0.472 e. The lowest BCUT2D eigenvalue weighted by molar-refractivity contribution is -0.123. The van der Waals surface area contributed by atoms with Crippen LogP contribution < -0.4 is 10.1 Å². The second-order valence-corrected chi connectivity index (χ2v) is 7.14. The third kappa shape index (κ3) is 4.28. The van der Waals surface area contributed by atoms with Crippen molar-refractivity contribution in [1.29, 1.82) is 0 Å². The van der Waals surface area contributed by atoms with Gasteiger partial charge in [0.1, 0.15) is 6.10 Å². The van der Waals surface area contributed by atoms with Crippen molar-refractivity contribution in [2.75, 3.05) is 19.8 Å². The molecule has 2 fully saturated rings. The number of amides is 1. The molecule has 1 amide bonds. The second-order valence-electron chi connectivity index (χ2n) is 7.14. The molecule has 2 aromatic rings. The monoisotopic (exact) mass is 368 g/mol. The summed E-state index contributed by atoms with van der Waals surface area (Å²) in [5.74, 6) is 0.752. The van der Waals surface area contributed by atoms with Crippen LogP contribution in [-0.4, -0.2) is 41.9 Å². The van der Waals surface area contributed by atoms with E-state index >= 15 is 0 Å². The van der Waals surface area contributed by atoms with Gasteiger partial charge in [-0.25, -0.2) is 4.98 Å². The Hall–Kier alpha value is -2.44. The Morgan fingerprint density at radius 3 is 2.81 bits per heavy atom. The molecule has 2 heterocycles. The lowest BCUT2D eigenvalue weighted by Gasteiger charge is -2.17. The van der Waals surface area contributed by atoms with Gasteiger partial charge in [0.2, 0.25) is 11.8 Å². The number of rotatable bonds is 7. The highest BCUT2D eigenvalue weighted by atomic mass is 16.5. The van der Waals surface area contributed by atoms with Crippen LogP contribution in [0.4, 0.5) is 0 Å². The van der Waals surface area contributed by atoms with Crippen molar-refractivity contribution in [3.63, 3.8) is 0 Å². The summed E-state index contributed by atoms with van der Waals surface area (Å²) in [6.45, 7) is 1.13. The highest BCUT2D eigenvalue weighted by molar-refractivity contribution is 5.83. The summed E-state index contributed by atoms with van der Waals surface area (Å²) in [7, 11) is 0. The van der Waals surface area contributed by atoms with Crippen molar-refractivity contribution in [3.8, 4) is 5.88 Å². The van der Waals surface area contributed by atoms with Gasteiger partial charge < -0.3 is 19.9 Å². The maximum atomic E-state index is 12.5. The zero-order chi connectivity index (χ0) is 18.6. The molecule has 1 aliphatic carbocycles. The summed E-state index contributed by atoms with van der Waals surface area (Å²) >= 11 is 0. The van der Waals surface area contributed by atoms with Gasteiger partial charge in [0.25, 0.3) is 0 Å². The predicted molar refractivity (Wildman–Crippen MR) is 99.3 cm³/mol. The number of hydrogen-bond donors (Lipinski definition) is 2.